The summed E-state index contributed by atoms with van der Waals surface area (Å²) in [5.74, 6) is -0.107. The molecule has 6 heterocycles. The Kier molecular flexibility index (Phi) is 12.4. The van der Waals surface area contributed by atoms with Crippen LogP contribution in [0.2, 0.25) is 10.3 Å². The maximum absolute atomic E-state index is 13.6. The van der Waals surface area contributed by atoms with E-state index in [9.17, 15) is 18.4 Å². The van der Waals surface area contributed by atoms with E-state index in [1.54, 1.807) is 36.7 Å². The highest BCUT2D eigenvalue weighted by molar-refractivity contribution is 6.30. The van der Waals surface area contributed by atoms with Crippen LogP contribution < -0.4 is 5.32 Å². The smallest absolute Gasteiger partial charge is 0.254 e. The van der Waals surface area contributed by atoms with Crippen LogP contribution in [0.25, 0.3) is 0 Å². The summed E-state index contributed by atoms with van der Waals surface area (Å²) in [7, 11) is 0. The minimum absolute atomic E-state index is 0.0164. The highest BCUT2D eigenvalue weighted by Gasteiger charge is 2.50. The van der Waals surface area contributed by atoms with E-state index in [1.165, 1.54) is 29.8 Å². The molecule has 2 aromatic heterocycles. The van der Waals surface area contributed by atoms with Crippen molar-refractivity contribution in [2.45, 2.75) is 44.1 Å². The Morgan fingerprint density at radius 1 is 0.644 bits per heavy atom. The van der Waals surface area contributed by atoms with E-state index in [0.717, 1.165) is 76.1 Å². The topological polar surface area (TPSA) is 81.7 Å². The van der Waals surface area contributed by atoms with E-state index in [1.807, 2.05) is 40.1 Å². The lowest BCUT2D eigenvalue weighted by molar-refractivity contribution is 0.0699. The molecule has 12 heteroatoms. The van der Waals surface area contributed by atoms with Crippen LogP contribution in [0, 0.1) is 22.5 Å². The van der Waals surface area contributed by atoms with Gasteiger partial charge in [-0.3, -0.25) is 14.5 Å². The van der Waals surface area contributed by atoms with Crippen molar-refractivity contribution in [3.05, 3.63) is 165 Å². The van der Waals surface area contributed by atoms with E-state index >= 15 is 0 Å². The molecule has 2 spiro atoms. The second-order valence-corrected chi connectivity index (χ2v) is 17.3. The quantitative estimate of drug-likeness (QED) is 0.172. The van der Waals surface area contributed by atoms with Crippen molar-refractivity contribution in [3.8, 4) is 0 Å². The van der Waals surface area contributed by atoms with Gasteiger partial charge in [0.1, 0.15) is 21.9 Å². The van der Waals surface area contributed by atoms with Gasteiger partial charge in [0.25, 0.3) is 11.8 Å². The van der Waals surface area contributed by atoms with Crippen molar-refractivity contribution < 1.29 is 18.4 Å². The van der Waals surface area contributed by atoms with Crippen LogP contribution in [0.5, 0.6) is 0 Å². The van der Waals surface area contributed by atoms with Crippen molar-refractivity contribution in [3.63, 3.8) is 0 Å². The van der Waals surface area contributed by atoms with Gasteiger partial charge >= 0.3 is 0 Å². The van der Waals surface area contributed by atoms with Crippen molar-refractivity contribution in [2.24, 2.45) is 10.8 Å². The molecule has 59 heavy (non-hydrogen) atoms. The van der Waals surface area contributed by atoms with Gasteiger partial charge in [0, 0.05) is 68.1 Å². The summed E-state index contributed by atoms with van der Waals surface area (Å²) in [6.07, 6.45) is 7.15. The molecule has 8 nitrogen and oxygen atoms in total. The predicted molar refractivity (Wildman–Crippen MR) is 227 cm³/mol. The molecule has 2 unspecified atom stereocenters. The first kappa shape index (κ1) is 41.0. The van der Waals surface area contributed by atoms with Gasteiger partial charge in [0.05, 0.1) is 0 Å². The summed E-state index contributed by atoms with van der Waals surface area (Å²) in [4.78, 5) is 40.7. The fourth-order valence-electron chi connectivity index (χ4n) is 9.93. The Hall–Kier alpha value is -4.74. The first-order valence-corrected chi connectivity index (χ1v) is 21.1. The zero-order valence-electron chi connectivity index (χ0n) is 32.9. The molecule has 2 amide bonds. The number of aromatic nitrogens is 2. The number of benzene rings is 3. The molecule has 0 bridgehead atoms. The number of likely N-dealkylation sites (tertiary alicyclic amines) is 3. The Bertz CT molecular complexity index is 2230. The summed E-state index contributed by atoms with van der Waals surface area (Å²) >= 11 is 12.0. The van der Waals surface area contributed by atoms with Crippen LogP contribution in [-0.4, -0.2) is 88.8 Å². The summed E-state index contributed by atoms with van der Waals surface area (Å²) < 4.78 is 27.0. The third kappa shape index (κ3) is 9.21. The van der Waals surface area contributed by atoms with Gasteiger partial charge in [0.2, 0.25) is 0 Å². The molecule has 4 saturated heterocycles. The van der Waals surface area contributed by atoms with Crippen molar-refractivity contribution in [1.29, 1.82) is 0 Å². The summed E-state index contributed by atoms with van der Waals surface area (Å²) in [5, 5.41) is 4.05. The van der Waals surface area contributed by atoms with Gasteiger partial charge in [-0.05, 0) is 128 Å². The Morgan fingerprint density at radius 3 is 1.56 bits per heavy atom. The second kappa shape index (κ2) is 17.9. The lowest BCUT2D eigenvalue weighted by Crippen LogP contribution is -2.43. The molecule has 4 aliphatic heterocycles. The molecule has 4 aliphatic rings. The van der Waals surface area contributed by atoms with E-state index in [-0.39, 0.29) is 46.1 Å². The fraction of sp³-hybridized carbons (Fsp3) is 0.362. The van der Waals surface area contributed by atoms with Crippen molar-refractivity contribution >= 4 is 35.0 Å². The van der Waals surface area contributed by atoms with Gasteiger partial charge in [-0.25, -0.2) is 18.7 Å². The maximum atomic E-state index is 13.6. The Balaban J connectivity index is 0.000000169. The molecule has 0 radical (unpaired) electrons. The highest BCUT2D eigenvalue weighted by Crippen LogP contribution is 2.51. The third-order valence-electron chi connectivity index (χ3n) is 13.1. The lowest BCUT2D eigenvalue weighted by atomic mass is 9.68. The van der Waals surface area contributed by atoms with E-state index in [4.69, 9.17) is 23.2 Å². The normalized spacial score (nSPS) is 21.0. The van der Waals surface area contributed by atoms with E-state index in [0.29, 0.717) is 41.1 Å². The van der Waals surface area contributed by atoms with Gasteiger partial charge in [-0.2, -0.15) is 0 Å². The highest BCUT2D eigenvalue weighted by atomic mass is 35.5. The maximum Gasteiger partial charge on any atom is 0.254 e. The van der Waals surface area contributed by atoms with Crippen LogP contribution in [0.4, 0.5) is 8.78 Å². The van der Waals surface area contributed by atoms with Crippen LogP contribution >= 0.6 is 23.2 Å². The number of rotatable bonds is 6. The number of halogens is 4. The molecule has 0 saturated carbocycles. The zero-order chi connectivity index (χ0) is 41.0. The number of nitrogens with zero attached hydrogens (tertiary/aromatic N) is 5. The van der Waals surface area contributed by atoms with Crippen LogP contribution in [-0.2, 0) is 6.54 Å². The summed E-state index contributed by atoms with van der Waals surface area (Å²) in [6.45, 7) is 7.49. The first-order chi connectivity index (χ1) is 28.6. The SMILES string of the molecule is O=C(c1ccnc(Cl)c1)N1CC(c2ccc(F)cc2)C2(CCN(Cc3ccccc3)CC2)C1.O=C(c1ccnc(Cl)c1)N1CC(c2ccc(F)cc2)C2(CCNCC2)C1. The molecule has 9 rings (SSSR count). The molecule has 4 fully saturated rings. The number of nitrogens with one attached hydrogen (secondary N) is 1. The molecular formula is C47H48Cl2F2N6O2. The average molecular weight is 838 g/mol. The standard InChI is InChI=1S/C27H27ClFN3O.C20H21ClFN3O/c28-25-16-22(10-13-30-25)26(33)32-18-24(21-6-8-23(29)9-7-21)27(19-32)11-14-31(15-12-27)17-20-4-2-1-3-5-20;21-18-11-15(5-8-24-18)19(26)25-12-17(14-1-3-16(22)4-2-14)20(13-25)6-9-23-10-7-20/h1-10,13,16,24H,11-12,14-15,17-19H2;1-5,8,11,17,23H,6-7,9-10,12-13H2. The number of piperidine rings is 2. The predicted octanol–water partition coefficient (Wildman–Crippen LogP) is 8.88. The molecule has 306 valence electrons. The number of carbonyl (C=O) groups is 2. The van der Waals surface area contributed by atoms with Crippen LogP contribution in [0.1, 0.15) is 74.9 Å². The van der Waals surface area contributed by atoms with Crippen molar-refractivity contribution in [1.82, 2.24) is 30.0 Å². The lowest BCUT2D eigenvalue weighted by Gasteiger charge is -2.42. The van der Waals surface area contributed by atoms with Crippen LogP contribution in [0.3, 0.4) is 0 Å². The molecule has 1 N–H and O–H groups in total. The van der Waals surface area contributed by atoms with Gasteiger partial charge in [0.15, 0.2) is 0 Å². The van der Waals surface area contributed by atoms with Gasteiger partial charge in [-0.15, -0.1) is 0 Å². The molecule has 5 aromatic rings. The molecular weight excluding hydrogens is 789 g/mol. The fourth-order valence-corrected chi connectivity index (χ4v) is 10.3. The van der Waals surface area contributed by atoms with E-state index < -0.39 is 0 Å². The van der Waals surface area contributed by atoms with Crippen molar-refractivity contribution in [2.75, 3.05) is 52.4 Å². The molecule has 3 aromatic carbocycles. The minimum Gasteiger partial charge on any atom is -0.337 e. The largest absolute Gasteiger partial charge is 0.337 e. The number of hydrogen-bond donors (Lipinski definition) is 1. The van der Waals surface area contributed by atoms with E-state index in [2.05, 4.69) is 44.5 Å². The van der Waals surface area contributed by atoms with Gasteiger partial charge < -0.3 is 15.1 Å². The third-order valence-corrected chi connectivity index (χ3v) is 13.5. The first-order valence-electron chi connectivity index (χ1n) is 20.4. The summed E-state index contributed by atoms with van der Waals surface area (Å²) in [6, 6.07) is 30.8. The van der Waals surface area contributed by atoms with Gasteiger partial charge in [-0.1, -0.05) is 77.8 Å². The molecule has 2 atom stereocenters. The number of pyridine rings is 2. The average Bonchev–Trinajstić information content (AvgIpc) is 3.81. The number of hydrogen-bond acceptors (Lipinski definition) is 6. The molecule has 0 aliphatic carbocycles. The Labute approximate surface area is 354 Å². The monoisotopic (exact) mass is 836 g/mol. The zero-order valence-corrected chi connectivity index (χ0v) is 34.4. The minimum atomic E-state index is -0.233. The number of carbonyl (C=O) groups excluding carboxylic acids is 2. The summed E-state index contributed by atoms with van der Waals surface area (Å²) in [5.41, 5.74) is 4.68. The Morgan fingerprint density at radius 2 is 1.10 bits per heavy atom. The second-order valence-electron chi connectivity index (χ2n) is 16.6. The number of amides is 2. The van der Waals surface area contributed by atoms with Crippen LogP contribution in [0.15, 0.2) is 116 Å².